The van der Waals surface area contributed by atoms with Gasteiger partial charge >= 0.3 is 5.97 Å². The topological polar surface area (TPSA) is 114 Å². The van der Waals surface area contributed by atoms with E-state index >= 15 is 0 Å². The zero-order valence-electron chi connectivity index (χ0n) is 23.0. The number of thiazole rings is 1. The number of ether oxygens (including phenoxy) is 5. The number of fused-ring (bicyclic) bond motifs is 1. The first-order chi connectivity index (χ1) is 19.4. The number of carbonyl (C=O) groups is 1. The number of methoxy groups -OCH3 is 3. The molecule has 1 saturated heterocycles. The summed E-state index contributed by atoms with van der Waals surface area (Å²) in [4.78, 5) is 34.3. The first-order valence-corrected chi connectivity index (χ1v) is 13.6. The Morgan fingerprint density at radius 1 is 1.12 bits per heavy atom. The van der Waals surface area contributed by atoms with Gasteiger partial charge in [-0.25, -0.2) is 9.79 Å². The Kier molecular flexibility index (Phi) is 7.99. The minimum absolute atomic E-state index is 0.173. The van der Waals surface area contributed by atoms with Crippen LogP contribution in [0.3, 0.4) is 0 Å². The molecule has 5 rings (SSSR count). The van der Waals surface area contributed by atoms with Gasteiger partial charge in [-0.15, -0.1) is 0 Å². The number of hydrogen-bond donors (Lipinski definition) is 0. The van der Waals surface area contributed by atoms with Crippen molar-refractivity contribution < 1.29 is 32.9 Å². The second kappa shape index (κ2) is 11.6. The molecule has 0 N–H and O–H groups in total. The second-order valence-electron chi connectivity index (χ2n) is 9.04. The first kappa shape index (κ1) is 27.5. The van der Waals surface area contributed by atoms with Crippen LogP contribution in [0.2, 0.25) is 0 Å². The minimum Gasteiger partial charge on any atom is -0.493 e. The Labute approximate surface area is 234 Å². The lowest BCUT2D eigenvalue weighted by Gasteiger charge is -2.26. The van der Waals surface area contributed by atoms with Gasteiger partial charge in [0.05, 0.1) is 63.0 Å². The summed E-state index contributed by atoms with van der Waals surface area (Å²) < 4.78 is 35.4. The monoisotopic (exact) mass is 569 g/mol. The van der Waals surface area contributed by atoms with Crippen LogP contribution >= 0.6 is 11.3 Å². The number of esters is 1. The van der Waals surface area contributed by atoms with Crippen LogP contribution in [0, 0.1) is 0 Å². The first-order valence-electron chi connectivity index (χ1n) is 12.8. The smallest absolute Gasteiger partial charge is 0.338 e. The van der Waals surface area contributed by atoms with Gasteiger partial charge in [-0.05, 0) is 37.6 Å². The lowest BCUT2D eigenvalue weighted by Crippen LogP contribution is -2.40. The van der Waals surface area contributed by atoms with Crippen molar-refractivity contribution in [1.29, 1.82) is 0 Å². The number of furan rings is 1. The molecule has 2 aromatic heterocycles. The van der Waals surface area contributed by atoms with Crippen molar-refractivity contribution >= 4 is 29.3 Å². The Bertz CT molecular complexity index is 1600. The maximum absolute atomic E-state index is 13.9. The molecule has 1 fully saturated rings. The van der Waals surface area contributed by atoms with Crippen molar-refractivity contribution in [2.24, 2.45) is 4.99 Å². The molecule has 40 heavy (non-hydrogen) atoms. The standard InChI is InChI=1S/C28H31N3O8S/c1-6-38-27(33)23-16(2)29-28-31(24(23)17-13-19(34-3)25(36-5)20(14-17)35-4)26(32)21(40-28)15-18-7-8-22(39-18)30-9-11-37-12-10-30/h7-8,13-15,24H,6,9-12H2,1-5H3/b21-15-/t24-/m1/s1. The molecule has 212 valence electrons. The molecule has 0 unspecified atom stereocenters. The molecule has 0 saturated carbocycles. The van der Waals surface area contributed by atoms with Crippen LogP contribution in [0.1, 0.15) is 31.2 Å². The van der Waals surface area contributed by atoms with Gasteiger partial charge in [0.1, 0.15) is 5.76 Å². The molecule has 2 aliphatic heterocycles. The Morgan fingerprint density at radius 3 is 2.45 bits per heavy atom. The van der Waals surface area contributed by atoms with Gasteiger partial charge in [-0.2, -0.15) is 0 Å². The van der Waals surface area contributed by atoms with E-state index in [0.717, 1.165) is 19.0 Å². The molecule has 0 amide bonds. The van der Waals surface area contributed by atoms with Crippen LogP contribution in [-0.4, -0.2) is 64.8 Å². The summed E-state index contributed by atoms with van der Waals surface area (Å²) >= 11 is 1.22. The number of hydrogen-bond acceptors (Lipinski definition) is 11. The average Bonchev–Trinajstić information content (AvgIpc) is 3.56. The van der Waals surface area contributed by atoms with Crippen molar-refractivity contribution in [3.8, 4) is 17.2 Å². The molecule has 12 heteroatoms. The predicted octanol–water partition coefficient (Wildman–Crippen LogP) is 2.25. The van der Waals surface area contributed by atoms with Gasteiger partial charge in [-0.1, -0.05) is 11.3 Å². The van der Waals surface area contributed by atoms with Gasteiger partial charge in [-0.3, -0.25) is 9.36 Å². The highest BCUT2D eigenvalue weighted by Crippen LogP contribution is 2.42. The molecular formula is C28H31N3O8S. The summed E-state index contributed by atoms with van der Waals surface area (Å²) in [6.07, 6.45) is 1.70. The number of benzene rings is 1. The maximum Gasteiger partial charge on any atom is 0.338 e. The number of aromatic nitrogens is 1. The Morgan fingerprint density at radius 2 is 1.82 bits per heavy atom. The highest BCUT2D eigenvalue weighted by molar-refractivity contribution is 7.07. The highest BCUT2D eigenvalue weighted by atomic mass is 32.1. The largest absolute Gasteiger partial charge is 0.493 e. The molecule has 3 aromatic rings. The van der Waals surface area contributed by atoms with E-state index in [4.69, 9.17) is 28.1 Å². The normalized spacial score (nSPS) is 17.4. The fourth-order valence-electron chi connectivity index (χ4n) is 4.87. The van der Waals surface area contributed by atoms with E-state index in [9.17, 15) is 9.59 Å². The van der Waals surface area contributed by atoms with Crippen LogP contribution in [0.4, 0.5) is 5.88 Å². The number of carbonyl (C=O) groups excluding carboxylic acids is 1. The summed E-state index contributed by atoms with van der Waals surface area (Å²) in [6.45, 7) is 6.38. The van der Waals surface area contributed by atoms with E-state index in [1.54, 1.807) is 32.1 Å². The summed E-state index contributed by atoms with van der Waals surface area (Å²) in [5, 5.41) is 0. The van der Waals surface area contributed by atoms with Crippen molar-refractivity contribution in [2.45, 2.75) is 19.9 Å². The SMILES string of the molecule is CCOC(=O)C1=C(C)N=c2s/c(=C\c3ccc(N4CCOCC4)o3)c(=O)n2[C@@H]1c1cc(OC)c(OC)c(OC)c1. The third-order valence-electron chi connectivity index (χ3n) is 6.73. The number of nitrogens with zero attached hydrogens (tertiary/aromatic N) is 3. The second-order valence-corrected chi connectivity index (χ2v) is 10.0. The third-order valence-corrected chi connectivity index (χ3v) is 7.71. The molecule has 0 radical (unpaired) electrons. The van der Waals surface area contributed by atoms with Crippen molar-refractivity contribution in [3.05, 3.63) is 66.5 Å². The maximum atomic E-state index is 13.9. The van der Waals surface area contributed by atoms with Crippen molar-refractivity contribution in [2.75, 3.05) is 59.1 Å². The summed E-state index contributed by atoms with van der Waals surface area (Å²) in [7, 11) is 4.53. The van der Waals surface area contributed by atoms with Crippen molar-refractivity contribution in [3.63, 3.8) is 0 Å². The highest BCUT2D eigenvalue weighted by Gasteiger charge is 2.34. The fraction of sp³-hybridized carbons (Fsp3) is 0.393. The number of rotatable bonds is 8. The molecule has 1 atom stereocenters. The summed E-state index contributed by atoms with van der Waals surface area (Å²) in [6, 6.07) is 6.32. The zero-order chi connectivity index (χ0) is 28.4. The predicted molar refractivity (Wildman–Crippen MR) is 148 cm³/mol. The summed E-state index contributed by atoms with van der Waals surface area (Å²) in [5.41, 5.74) is 0.966. The van der Waals surface area contributed by atoms with Crippen LogP contribution in [0.25, 0.3) is 6.08 Å². The molecule has 4 heterocycles. The lowest BCUT2D eigenvalue weighted by molar-refractivity contribution is -0.139. The van der Waals surface area contributed by atoms with E-state index in [1.165, 1.54) is 37.2 Å². The van der Waals surface area contributed by atoms with Crippen LogP contribution in [0.15, 0.2) is 49.7 Å². The van der Waals surface area contributed by atoms with Gasteiger partial charge in [0, 0.05) is 25.2 Å². The Hall–Kier alpha value is -4.03. The minimum atomic E-state index is -0.841. The van der Waals surface area contributed by atoms with Crippen LogP contribution in [-0.2, 0) is 14.3 Å². The van der Waals surface area contributed by atoms with Gasteiger partial charge in [0.15, 0.2) is 22.2 Å². The van der Waals surface area contributed by atoms with Gasteiger partial charge < -0.3 is 33.0 Å². The van der Waals surface area contributed by atoms with Gasteiger partial charge in [0.2, 0.25) is 5.75 Å². The molecule has 2 aliphatic rings. The molecule has 0 spiro atoms. The number of morpholine rings is 1. The van der Waals surface area contributed by atoms with E-state index in [2.05, 4.69) is 9.89 Å². The number of anilines is 1. The quantitative estimate of drug-likeness (QED) is 0.377. The molecule has 11 nitrogen and oxygen atoms in total. The summed E-state index contributed by atoms with van der Waals surface area (Å²) in [5.74, 6) is 1.88. The lowest BCUT2D eigenvalue weighted by atomic mass is 9.95. The molecule has 0 aliphatic carbocycles. The molecule has 0 bridgehead atoms. The number of allylic oxidation sites excluding steroid dienone is 1. The average molecular weight is 570 g/mol. The third kappa shape index (κ3) is 5.00. The van der Waals surface area contributed by atoms with Gasteiger partial charge in [0.25, 0.3) is 5.56 Å². The van der Waals surface area contributed by atoms with E-state index in [1.807, 2.05) is 12.1 Å². The fourth-order valence-corrected chi connectivity index (χ4v) is 5.90. The van der Waals surface area contributed by atoms with Crippen molar-refractivity contribution in [1.82, 2.24) is 4.57 Å². The molecular weight excluding hydrogens is 538 g/mol. The van der Waals surface area contributed by atoms with E-state index < -0.39 is 12.0 Å². The van der Waals surface area contributed by atoms with Crippen LogP contribution in [0.5, 0.6) is 17.2 Å². The van der Waals surface area contributed by atoms with E-state index in [-0.39, 0.29) is 17.7 Å². The zero-order valence-corrected chi connectivity index (χ0v) is 23.8. The Balaban J connectivity index is 1.67. The molecule has 1 aromatic carbocycles. The van der Waals surface area contributed by atoms with E-state index in [0.29, 0.717) is 56.8 Å². The van der Waals surface area contributed by atoms with Crippen LogP contribution < -0.4 is 34.0 Å².